The van der Waals surface area contributed by atoms with Crippen molar-refractivity contribution in [3.8, 4) is 16.9 Å². The van der Waals surface area contributed by atoms with Crippen molar-refractivity contribution in [2.24, 2.45) is 5.73 Å². The van der Waals surface area contributed by atoms with Crippen LogP contribution in [0.3, 0.4) is 0 Å². The van der Waals surface area contributed by atoms with E-state index in [4.69, 9.17) is 10.5 Å². The minimum absolute atomic E-state index is 0.244. The van der Waals surface area contributed by atoms with Gasteiger partial charge in [-0.3, -0.25) is 0 Å². The summed E-state index contributed by atoms with van der Waals surface area (Å²) in [6, 6.07) is 12.7. The zero-order chi connectivity index (χ0) is 13.2. The summed E-state index contributed by atoms with van der Waals surface area (Å²) >= 11 is 0. The summed E-state index contributed by atoms with van der Waals surface area (Å²) in [5.41, 5.74) is 7.72. The van der Waals surface area contributed by atoms with Crippen LogP contribution in [0.1, 0.15) is 18.4 Å². The van der Waals surface area contributed by atoms with Gasteiger partial charge in [-0.1, -0.05) is 24.3 Å². The second-order valence-electron chi connectivity index (χ2n) is 4.86. The van der Waals surface area contributed by atoms with Crippen molar-refractivity contribution < 1.29 is 9.13 Å². The van der Waals surface area contributed by atoms with E-state index in [9.17, 15) is 4.39 Å². The SMILES string of the molecule is NCc1ccc(-c2cccc(OC3CC3)c2)c(F)c1. The first-order chi connectivity index (χ1) is 9.26. The maximum atomic E-state index is 14.0. The standard InChI is InChI=1S/C16H16FNO/c17-16-8-11(10-18)4-7-15(16)12-2-1-3-14(9-12)19-13-5-6-13/h1-4,7-9,13H,5-6,10,18H2. The van der Waals surface area contributed by atoms with E-state index in [1.165, 1.54) is 6.07 Å². The van der Waals surface area contributed by atoms with Gasteiger partial charge in [-0.05, 0) is 42.2 Å². The molecule has 0 spiro atoms. The molecule has 0 heterocycles. The molecule has 2 nitrogen and oxygen atoms in total. The topological polar surface area (TPSA) is 35.2 Å². The average Bonchev–Trinajstić information content (AvgIpc) is 3.23. The predicted octanol–water partition coefficient (Wildman–Crippen LogP) is 3.49. The van der Waals surface area contributed by atoms with Gasteiger partial charge in [0.05, 0.1) is 6.10 Å². The lowest BCUT2D eigenvalue weighted by Crippen LogP contribution is -1.98. The molecule has 3 heteroatoms. The number of hydrogen-bond acceptors (Lipinski definition) is 2. The first kappa shape index (κ1) is 12.2. The van der Waals surface area contributed by atoms with Gasteiger partial charge in [-0.15, -0.1) is 0 Å². The lowest BCUT2D eigenvalue weighted by Gasteiger charge is -2.09. The van der Waals surface area contributed by atoms with Crippen LogP contribution in [0, 0.1) is 5.82 Å². The minimum atomic E-state index is -0.244. The Hall–Kier alpha value is -1.87. The van der Waals surface area contributed by atoms with Gasteiger partial charge in [0.1, 0.15) is 11.6 Å². The molecular formula is C16H16FNO. The van der Waals surface area contributed by atoms with Crippen LogP contribution in [0.4, 0.5) is 4.39 Å². The number of benzene rings is 2. The Labute approximate surface area is 112 Å². The summed E-state index contributed by atoms with van der Waals surface area (Å²) in [6.45, 7) is 0.349. The maximum Gasteiger partial charge on any atom is 0.131 e. The highest BCUT2D eigenvalue weighted by molar-refractivity contribution is 5.66. The van der Waals surface area contributed by atoms with E-state index in [0.29, 0.717) is 18.2 Å². The largest absolute Gasteiger partial charge is 0.490 e. The highest BCUT2D eigenvalue weighted by Crippen LogP contribution is 2.31. The van der Waals surface area contributed by atoms with E-state index in [1.54, 1.807) is 6.07 Å². The molecule has 1 saturated carbocycles. The number of halogens is 1. The third kappa shape index (κ3) is 2.76. The average molecular weight is 257 g/mol. The molecule has 0 atom stereocenters. The monoisotopic (exact) mass is 257 g/mol. The smallest absolute Gasteiger partial charge is 0.131 e. The van der Waals surface area contributed by atoms with Gasteiger partial charge in [-0.25, -0.2) is 4.39 Å². The molecule has 2 aromatic rings. The summed E-state index contributed by atoms with van der Waals surface area (Å²) in [4.78, 5) is 0. The molecule has 0 aromatic heterocycles. The highest BCUT2D eigenvalue weighted by Gasteiger charge is 2.23. The van der Waals surface area contributed by atoms with Gasteiger partial charge in [0.2, 0.25) is 0 Å². The van der Waals surface area contributed by atoms with Crippen molar-refractivity contribution in [3.63, 3.8) is 0 Å². The molecule has 0 bridgehead atoms. The number of ether oxygens (including phenoxy) is 1. The first-order valence-electron chi connectivity index (χ1n) is 6.52. The summed E-state index contributed by atoms with van der Waals surface area (Å²) in [6.07, 6.45) is 2.58. The van der Waals surface area contributed by atoms with E-state index in [-0.39, 0.29) is 5.82 Å². The van der Waals surface area contributed by atoms with Gasteiger partial charge in [0, 0.05) is 12.1 Å². The Morgan fingerprint density at radius 2 is 2.00 bits per heavy atom. The Morgan fingerprint density at radius 3 is 2.68 bits per heavy atom. The number of hydrogen-bond donors (Lipinski definition) is 1. The second-order valence-corrected chi connectivity index (χ2v) is 4.86. The fourth-order valence-electron chi connectivity index (χ4n) is 2.03. The van der Waals surface area contributed by atoms with Crippen molar-refractivity contribution >= 4 is 0 Å². The van der Waals surface area contributed by atoms with E-state index in [2.05, 4.69) is 0 Å². The van der Waals surface area contributed by atoms with Crippen molar-refractivity contribution in [2.45, 2.75) is 25.5 Å². The van der Waals surface area contributed by atoms with E-state index >= 15 is 0 Å². The van der Waals surface area contributed by atoms with Crippen LogP contribution in [0.2, 0.25) is 0 Å². The highest BCUT2D eigenvalue weighted by atomic mass is 19.1. The molecular weight excluding hydrogens is 241 g/mol. The van der Waals surface area contributed by atoms with Crippen LogP contribution < -0.4 is 10.5 Å². The van der Waals surface area contributed by atoms with Crippen LogP contribution in [-0.4, -0.2) is 6.10 Å². The van der Waals surface area contributed by atoms with Crippen LogP contribution in [0.25, 0.3) is 11.1 Å². The predicted molar refractivity (Wildman–Crippen MR) is 73.4 cm³/mol. The molecule has 2 aromatic carbocycles. The molecule has 19 heavy (non-hydrogen) atoms. The lowest BCUT2D eigenvalue weighted by molar-refractivity contribution is 0.303. The second kappa shape index (κ2) is 5.02. The van der Waals surface area contributed by atoms with Crippen molar-refractivity contribution in [1.82, 2.24) is 0 Å². The van der Waals surface area contributed by atoms with Crippen LogP contribution in [0.15, 0.2) is 42.5 Å². The summed E-state index contributed by atoms with van der Waals surface area (Å²) in [5, 5.41) is 0. The van der Waals surface area contributed by atoms with Gasteiger partial charge < -0.3 is 10.5 Å². The van der Waals surface area contributed by atoms with Crippen molar-refractivity contribution in [3.05, 3.63) is 53.8 Å². The summed E-state index contributed by atoms with van der Waals surface area (Å²) < 4.78 is 19.8. The maximum absolute atomic E-state index is 14.0. The number of rotatable bonds is 4. The Balaban J connectivity index is 1.92. The quantitative estimate of drug-likeness (QED) is 0.910. The van der Waals surface area contributed by atoms with Crippen LogP contribution in [0.5, 0.6) is 5.75 Å². The molecule has 0 radical (unpaired) electrons. The zero-order valence-electron chi connectivity index (χ0n) is 10.6. The van der Waals surface area contributed by atoms with Gasteiger partial charge >= 0.3 is 0 Å². The molecule has 98 valence electrons. The van der Waals surface area contributed by atoms with Crippen molar-refractivity contribution in [2.75, 3.05) is 0 Å². The molecule has 0 unspecified atom stereocenters. The van der Waals surface area contributed by atoms with Gasteiger partial charge in [0.15, 0.2) is 0 Å². The van der Waals surface area contributed by atoms with Crippen molar-refractivity contribution in [1.29, 1.82) is 0 Å². The molecule has 1 aliphatic carbocycles. The molecule has 2 N–H and O–H groups in total. The fourth-order valence-corrected chi connectivity index (χ4v) is 2.03. The Morgan fingerprint density at radius 1 is 1.16 bits per heavy atom. The van der Waals surface area contributed by atoms with E-state index < -0.39 is 0 Å². The normalized spacial score (nSPS) is 14.4. The molecule has 0 aliphatic heterocycles. The van der Waals surface area contributed by atoms with Gasteiger partial charge in [0.25, 0.3) is 0 Å². The third-order valence-corrected chi connectivity index (χ3v) is 3.24. The molecule has 0 saturated heterocycles. The van der Waals surface area contributed by atoms with E-state index in [0.717, 1.165) is 29.7 Å². The third-order valence-electron chi connectivity index (χ3n) is 3.24. The fraction of sp³-hybridized carbons (Fsp3) is 0.250. The molecule has 0 amide bonds. The van der Waals surface area contributed by atoms with Crippen LogP contribution >= 0.6 is 0 Å². The summed E-state index contributed by atoms with van der Waals surface area (Å²) in [5.74, 6) is 0.564. The Bertz CT molecular complexity index is 593. The molecule has 3 rings (SSSR count). The van der Waals surface area contributed by atoms with E-state index in [1.807, 2.05) is 30.3 Å². The Kier molecular flexibility index (Phi) is 3.22. The lowest BCUT2D eigenvalue weighted by atomic mass is 10.0. The van der Waals surface area contributed by atoms with Crippen LogP contribution in [-0.2, 0) is 6.54 Å². The molecule has 1 fully saturated rings. The van der Waals surface area contributed by atoms with Gasteiger partial charge in [-0.2, -0.15) is 0 Å². The molecule has 1 aliphatic rings. The zero-order valence-corrected chi connectivity index (χ0v) is 10.6. The number of nitrogens with two attached hydrogens (primary N) is 1. The first-order valence-corrected chi connectivity index (χ1v) is 6.52. The minimum Gasteiger partial charge on any atom is -0.490 e. The summed E-state index contributed by atoms with van der Waals surface area (Å²) in [7, 11) is 0.